The number of hydrogen-bond donors (Lipinski definition) is 1. The second-order valence-electron chi connectivity index (χ2n) is 5.19. The molecular weight excluding hydrogens is 254 g/mol. The van der Waals surface area contributed by atoms with Gasteiger partial charge in [0.05, 0.1) is 31.4 Å². The zero-order valence-electron chi connectivity index (χ0n) is 12.9. The van der Waals surface area contributed by atoms with Crippen LogP contribution in [0.1, 0.15) is 37.8 Å². The van der Waals surface area contributed by atoms with Crippen molar-refractivity contribution in [2.75, 3.05) is 27.9 Å². The van der Waals surface area contributed by atoms with Gasteiger partial charge in [-0.05, 0) is 37.9 Å². The van der Waals surface area contributed by atoms with Crippen molar-refractivity contribution in [1.29, 1.82) is 0 Å². The fourth-order valence-electron chi connectivity index (χ4n) is 3.06. The Morgan fingerprint density at radius 1 is 1.15 bits per heavy atom. The highest BCUT2D eigenvalue weighted by molar-refractivity contribution is 5.48. The molecule has 1 aromatic rings. The van der Waals surface area contributed by atoms with E-state index in [1.807, 2.05) is 18.2 Å². The number of hydrogen-bond acceptors (Lipinski definition) is 4. The Labute approximate surface area is 121 Å². The average Bonchev–Trinajstić information content (AvgIpc) is 2.44. The maximum absolute atomic E-state index is 5.87. The average molecular weight is 279 g/mol. The minimum atomic E-state index is -0.155. The number of methoxy groups -OCH3 is 3. The maximum Gasteiger partial charge on any atom is 0.127 e. The van der Waals surface area contributed by atoms with Crippen molar-refractivity contribution in [3.63, 3.8) is 0 Å². The normalized spacial score (nSPS) is 18.2. The van der Waals surface area contributed by atoms with Crippen LogP contribution >= 0.6 is 0 Å². The van der Waals surface area contributed by atoms with Crippen molar-refractivity contribution in [3.05, 3.63) is 23.8 Å². The van der Waals surface area contributed by atoms with Crippen LogP contribution in [0.25, 0.3) is 0 Å². The van der Waals surface area contributed by atoms with E-state index in [1.165, 1.54) is 6.42 Å². The second-order valence-corrected chi connectivity index (χ2v) is 5.19. The van der Waals surface area contributed by atoms with Crippen LogP contribution < -0.4 is 14.8 Å². The van der Waals surface area contributed by atoms with E-state index in [9.17, 15) is 0 Å². The molecule has 1 aromatic carbocycles. The van der Waals surface area contributed by atoms with Crippen molar-refractivity contribution in [1.82, 2.24) is 5.32 Å². The molecule has 1 atom stereocenters. The predicted octanol–water partition coefficient (Wildman–Crippen LogP) is 2.92. The smallest absolute Gasteiger partial charge is 0.127 e. The monoisotopic (exact) mass is 279 g/mol. The van der Waals surface area contributed by atoms with Gasteiger partial charge in [0, 0.05) is 7.11 Å². The molecule has 4 heteroatoms. The van der Waals surface area contributed by atoms with Gasteiger partial charge in [-0.2, -0.15) is 0 Å². The molecule has 1 unspecified atom stereocenters. The molecule has 0 spiro atoms. The SMILES string of the molecule is CCNC(c1c(OC)cccc1OC)C1(OC)CCC1. The fraction of sp³-hybridized carbons (Fsp3) is 0.625. The molecule has 0 aliphatic heterocycles. The van der Waals surface area contributed by atoms with Crippen LogP contribution in [-0.4, -0.2) is 33.5 Å². The Bertz CT molecular complexity index is 416. The Kier molecular flexibility index (Phi) is 4.89. The predicted molar refractivity (Wildman–Crippen MR) is 79.6 cm³/mol. The molecule has 1 N–H and O–H groups in total. The summed E-state index contributed by atoms with van der Waals surface area (Å²) in [6, 6.07) is 5.98. The second kappa shape index (κ2) is 6.46. The molecular formula is C16H25NO3. The van der Waals surface area contributed by atoms with Gasteiger partial charge in [0.15, 0.2) is 0 Å². The zero-order chi connectivity index (χ0) is 14.6. The van der Waals surface area contributed by atoms with Crippen molar-refractivity contribution < 1.29 is 14.2 Å². The third-order valence-corrected chi connectivity index (χ3v) is 4.30. The maximum atomic E-state index is 5.87. The summed E-state index contributed by atoms with van der Waals surface area (Å²) in [5, 5.41) is 3.56. The van der Waals surface area contributed by atoms with E-state index in [0.29, 0.717) is 0 Å². The molecule has 1 fully saturated rings. The summed E-state index contributed by atoms with van der Waals surface area (Å²) in [5.74, 6) is 1.69. The molecule has 4 nitrogen and oxygen atoms in total. The summed E-state index contributed by atoms with van der Waals surface area (Å²) in [7, 11) is 5.19. The van der Waals surface area contributed by atoms with Crippen molar-refractivity contribution >= 4 is 0 Å². The zero-order valence-corrected chi connectivity index (χ0v) is 12.9. The first-order valence-electron chi connectivity index (χ1n) is 7.21. The molecule has 1 aliphatic carbocycles. The summed E-state index contributed by atoms with van der Waals surface area (Å²) in [4.78, 5) is 0. The van der Waals surface area contributed by atoms with E-state index in [4.69, 9.17) is 14.2 Å². The van der Waals surface area contributed by atoms with Gasteiger partial charge in [-0.25, -0.2) is 0 Å². The standard InChI is InChI=1S/C16H25NO3/c1-5-17-15(16(20-4)10-7-11-16)14-12(18-2)8-6-9-13(14)19-3/h6,8-9,15,17H,5,7,10-11H2,1-4H3. The minimum Gasteiger partial charge on any atom is -0.496 e. The highest BCUT2D eigenvalue weighted by Gasteiger charge is 2.46. The molecule has 0 amide bonds. The van der Waals surface area contributed by atoms with Gasteiger partial charge >= 0.3 is 0 Å². The lowest BCUT2D eigenvalue weighted by Crippen LogP contribution is -2.50. The molecule has 112 valence electrons. The summed E-state index contributed by atoms with van der Waals surface area (Å²) < 4.78 is 17.0. The Balaban J connectivity index is 2.48. The largest absolute Gasteiger partial charge is 0.496 e. The van der Waals surface area contributed by atoms with Crippen LogP contribution in [0.4, 0.5) is 0 Å². The van der Waals surface area contributed by atoms with E-state index in [2.05, 4.69) is 12.2 Å². The van der Waals surface area contributed by atoms with Crippen LogP contribution in [0.15, 0.2) is 18.2 Å². The minimum absolute atomic E-state index is 0.0809. The van der Waals surface area contributed by atoms with Gasteiger partial charge in [0.2, 0.25) is 0 Å². The molecule has 0 radical (unpaired) electrons. The third kappa shape index (κ3) is 2.50. The molecule has 20 heavy (non-hydrogen) atoms. The van der Waals surface area contributed by atoms with Gasteiger partial charge in [-0.15, -0.1) is 0 Å². The Morgan fingerprint density at radius 3 is 2.10 bits per heavy atom. The van der Waals surface area contributed by atoms with Crippen LogP contribution in [0.2, 0.25) is 0 Å². The van der Waals surface area contributed by atoms with Crippen molar-refractivity contribution in [2.45, 2.75) is 37.8 Å². The van der Waals surface area contributed by atoms with Gasteiger partial charge < -0.3 is 19.5 Å². The van der Waals surface area contributed by atoms with Crippen molar-refractivity contribution in [2.24, 2.45) is 0 Å². The summed E-state index contributed by atoms with van der Waals surface area (Å²) in [5.41, 5.74) is 0.902. The lowest BCUT2D eigenvalue weighted by atomic mass is 9.71. The van der Waals surface area contributed by atoms with Crippen LogP contribution in [0, 0.1) is 0 Å². The number of likely N-dealkylation sites (N-methyl/N-ethyl adjacent to an activating group) is 1. The van der Waals surface area contributed by atoms with Crippen molar-refractivity contribution in [3.8, 4) is 11.5 Å². The molecule has 0 saturated heterocycles. The van der Waals surface area contributed by atoms with Gasteiger partial charge in [-0.3, -0.25) is 0 Å². The first-order valence-corrected chi connectivity index (χ1v) is 7.21. The first kappa shape index (κ1) is 15.1. The van der Waals surface area contributed by atoms with E-state index in [0.717, 1.165) is 36.4 Å². The summed E-state index contributed by atoms with van der Waals surface area (Å²) in [6.45, 7) is 2.98. The Morgan fingerprint density at radius 2 is 1.75 bits per heavy atom. The number of ether oxygens (including phenoxy) is 3. The van der Waals surface area contributed by atoms with E-state index >= 15 is 0 Å². The molecule has 1 saturated carbocycles. The summed E-state index contributed by atoms with van der Waals surface area (Å²) >= 11 is 0. The number of benzene rings is 1. The van der Waals surface area contributed by atoms with Crippen LogP contribution in [0.3, 0.4) is 0 Å². The van der Waals surface area contributed by atoms with Gasteiger partial charge in [0.25, 0.3) is 0 Å². The highest BCUT2D eigenvalue weighted by atomic mass is 16.5. The Hall–Kier alpha value is -1.26. The highest BCUT2D eigenvalue weighted by Crippen LogP contribution is 2.49. The number of rotatable bonds is 7. The third-order valence-electron chi connectivity index (χ3n) is 4.30. The molecule has 0 aromatic heterocycles. The quantitative estimate of drug-likeness (QED) is 0.833. The topological polar surface area (TPSA) is 39.7 Å². The molecule has 0 bridgehead atoms. The lowest BCUT2D eigenvalue weighted by molar-refractivity contribution is -0.100. The fourth-order valence-corrected chi connectivity index (χ4v) is 3.06. The molecule has 0 heterocycles. The van der Waals surface area contributed by atoms with E-state index in [1.54, 1.807) is 21.3 Å². The van der Waals surface area contributed by atoms with E-state index < -0.39 is 0 Å². The van der Waals surface area contributed by atoms with Crippen LogP contribution in [0.5, 0.6) is 11.5 Å². The first-order chi connectivity index (χ1) is 9.72. The van der Waals surface area contributed by atoms with Gasteiger partial charge in [0.1, 0.15) is 11.5 Å². The molecule has 1 aliphatic rings. The lowest BCUT2D eigenvalue weighted by Gasteiger charge is -2.47. The number of nitrogens with one attached hydrogen (secondary N) is 1. The van der Waals surface area contributed by atoms with Crippen LogP contribution in [-0.2, 0) is 4.74 Å². The van der Waals surface area contributed by atoms with Gasteiger partial charge in [-0.1, -0.05) is 13.0 Å². The van der Waals surface area contributed by atoms with E-state index in [-0.39, 0.29) is 11.6 Å². The summed E-state index contributed by atoms with van der Waals surface area (Å²) in [6.07, 6.45) is 3.32. The molecule has 2 rings (SSSR count).